The van der Waals surface area contributed by atoms with E-state index in [-0.39, 0.29) is 12.0 Å². The van der Waals surface area contributed by atoms with Crippen LogP contribution in [-0.2, 0) is 0 Å². The average Bonchev–Trinajstić information content (AvgIpc) is 3.44. The van der Waals surface area contributed by atoms with Gasteiger partial charge in [-0.05, 0) is 19.8 Å². The first kappa shape index (κ1) is 22.4. The molecule has 33 heavy (non-hydrogen) atoms. The fourth-order valence-corrected chi connectivity index (χ4v) is 3.68. The van der Waals surface area contributed by atoms with Crippen LogP contribution >= 0.6 is 0 Å². The van der Waals surface area contributed by atoms with Crippen LogP contribution in [0.1, 0.15) is 45.3 Å². The van der Waals surface area contributed by atoms with Crippen LogP contribution in [0.25, 0.3) is 16.7 Å². The zero-order valence-electron chi connectivity index (χ0n) is 19.9. The SMILES string of the molecule is COc1cc(-n2cnc(Nc3nc(C(C)C)c4cnn(C(C)C)c4n3)c2)cc(OC)c1OC. The van der Waals surface area contributed by atoms with E-state index in [2.05, 4.69) is 43.1 Å². The Morgan fingerprint density at radius 1 is 0.939 bits per heavy atom. The summed E-state index contributed by atoms with van der Waals surface area (Å²) in [4.78, 5) is 14.0. The van der Waals surface area contributed by atoms with Crippen molar-refractivity contribution in [2.24, 2.45) is 0 Å². The minimum atomic E-state index is 0.185. The second kappa shape index (κ2) is 8.97. The van der Waals surface area contributed by atoms with Gasteiger partial charge in [-0.25, -0.2) is 14.6 Å². The minimum absolute atomic E-state index is 0.185. The number of nitrogens with one attached hydrogen (secondary N) is 1. The highest BCUT2D eigenvalue weighted by molar-refractivity contribution is 5.79. The molecular weight excluding hydrogens is 422 g/mol. The second-order valence-electron chi connectivity index (χ2n) is 8.18. The van der Waals surface area contributed by atoms with Crippen LogP contribution in [0.15, 0.2) is 30.9 Å². The van der Waals surface area contributed by atoms with Gasteiger partial charge in [-0.1, -0.05) is 13.8 Å². The lowest BCUT2D eigenvalue weighted by Crippen LogP contribution is -2.07. The number of aromatic nitrogens is 6. The van der Waals surface area contributed by atoms with Crippen molar-refractivity contribution in [3.8, 4) is 22.9 Å². The van der Waals surface area contributed by atoms with Gasteiger partial charge < -0.3 is 24.1 Å². The molecule has 10 heteroatoms. The molecular formula is C23H29N7O3. The number of hydrogen-bond donors (Lipinski definition) is 1. The maximum absolute atomic E-state index is 5.46. The Morgan fingerprint density at radius 3 is 2.21 bits per heavy atom. The standard InChI is InChI=1S/C23H29N7O3/c1-13(2)20-16-10-25-30(14(3)4)22(16)28-23(27-20)26-19-11-29(12-24-19)15-8-17(31-5)21(33-7)18(9-15)32-6/h8-14H,1-7H3,(H,26,27,28). The van der Waals surface area contributed by atoms with Crippen molar-refractivity contribution in [1.82, 2.24) is 29.3 Å². The van der Waals surface area contributed by atoms with E-state index in [0.717, 1.165) is 22.4 Å². The molecule has 0 bridgehead atoms. The van der Waals surface area contributed by atoms with E-state index >= 15 is 0 Å². The van der Waals surface area contributed by atoms with Crippen molar-refractivity contribution in [3.63, 3.8) is 0 Å². The van der Waals surface area contributed by atoms with Gasteiger partial charge in [0.05, 0.1) is 50.5 Å². The van der Waals surface area contributed by atoms with Gasteiger partial charge in [-0.2, -0.15) is 10.1 Å². The molecule has 3 aromatic heterocycles. The maximum Gasteiger partial charge on any atom is 0.230 e. The third kappa shape index (κ3) is 4.15. The highest BCUT2D eigenvalue weighted by Crippen LogP contribution is 2.39. The number of nitrogens with zero attached hydrogens (tertiary/aromatic N) is 6. The molecule has 4 aromatic rings. The number of anilines is 2. The minimum Gasteiger partial charge on any atom is -0.493 e. The number of methoxy groups -OCH3 is 3. The topological polar surface area (TPSA) is 101 Å². The number of hydrogen-bond acceptors (Lipinski definition) is 8. The quantitative estimate of drug-likeness (QED) is 0.418. The molecule has 0 spiro atoms. The Hall–Kier alpha value is -3.82. The van der Waals surface area contributed by atoms with E-state index < -0.39 is 0 Å². The number of benzene rings is 1. The molecule has 3 heterocycles. The summed E-state index contributed by atoms with van der Waals surface area (Å²) in [5.74, 6) is 2.96. The summed E-state index contributed by atoms with van der Waals surface area (Å²) in [6.07, 6.45) is 5.39. The molecule has 0 unspecified atom stereocenters. The first-order valence-corrected chi connectivity index (χ1v) is 10.7. The van der Waals surface area contributed by atoms with Crippen LogP contribution in [0.4, 0.5) is 11.8 Å². The second-order valence-corrected chi connectivity index (χ2v) is 8.18. The summed E-state index contributed by atoms with van der Waals surface area (Å²) in [6.45, 7) is 8.38. The van der Waals surface area contributed by atoms with Gasteiger partial charge in [0.25, 0.3) is 0 Å². The third-order valence-corrected chi connectivity index (χ3v) is 5.29. The third-order valence-electron chi connectivity index (χ3n) is 5.29. The molecule has 0 saturated carbocycles. The Labute approximate surface area is 192 Å². The van der Waals surface area contributed by atoms with Crippen LogP contribution in [-0.4, -0.2) is 50.6 Å². The van der Waals surface area contributed by atoms with Crippen molar-refractivity contribution in [2.45, 2.75) is 39.7 Å². The molecule has 0 atom stereocenters. The summed E-state index contributed by atoms with van der Waals surface area (Å²) in [5, 5.41) is 8.71. The molecule has 0 aliphatic rings. The van der Waals surface area contributed by atoms with Gasteiger partial charge in [0.2, 0.25) is 11.7 Å². The summed E-state index contributed by atoms with van der Waals surface area (Å²) in [5.41, 5.74) is 2.55. The first-order valence-electron chi connectivity index (χ1n) is 10.7. The largest absolute Gasteiger partial charge is 0.493 e. The Morgan fingerprint density at radius 2 is 1.64 bits per heavy atom. The maximum atomic E-state index is 5.46. The average molecular weight is 452 g/mol. The van der Waals surface area contributed by atoms with Gasteiger partial charge >= 0.3 is 0 Å². The predicted octanol–water partition coefficient (Wildman–Crippen LogP) is 4.49. The summed E-state index contributed by atoms with van der Waals surface area (Å²) >= 11 is 0. The number of ether oxygens (including phenoxy) is 3. The molecule has 1 aromatic carbocycles. The number of imidazole rings is 1. The molecule has 0 aliphatic heterocycles. The molecule has 4 rings (SSSR count). The summed E-state index contributed by atoms with van der Waals surface area (Å²) in [6, 6.07) is 3.89. The van der Waals surface area contributed by atoms with E-state index in [1.165, 1.54) is 0 Å². The van der Waals surface area contributed by atoms with E-state index in [9.17, 15) is 0 Å². The highest BCUT2D eigenvalue weighted by Gasteiger charge is 2.18. The molecule has 1 N–H and O–H groups in total. The van der Waals surface area contributed by atoms with Gasteiger partial charge in [-0.15, -0.1) is 0 Å². The van der Waals surface area contributed by atoms with Crippen molar-refractivity contribution in [2.75, 3.05) is 26.6 Å². The Balaban J connectivity index is 1.70. The number of rotatable bonds is 8. The highest BCUT2D eigenvalue weighted by atomic mass is 16.5. The van der Waals surface area contributed by atoms with E-state index in [4.69, 9.17) is 24.2 Å². The molecule has 0 radical (unpaired) electrons. The predicted molar refractivity (Wildman–Crippen MR) is 126 cm³/mol. The van der Waals surface area contributed by atoms with Gasteiger partial charge in [-0.3, -0.25) is 0 Å². The first-order chi connectivity index (χ1) is 15.9. The molecule has 0 amide bonds. The van der Waals surface area contributed by atoms with Crippen LogP contribution in [0.5, 0.6) is 17.2 Å². The lowest BCUT2D eigenvalue weighted by atomic mass is 10.1. The lowest BCUT2D eigenvalue weighted by molar-refractivity contribution is 0.324. The summed E-state index contributed by atoms with van der Waals surface area (Å²) in [7, 11) is 4.75. The number of fused-ring (bicyclic) bond motifs is 1. The molecule has 174 valence electrons. The van der Waals surface area contributed by atoms with Crippen molar-refractivity contribution >= 4 is 22.8 Å². The van der Waals surface area contributed by atoms with E-state index in [1.54, 1.807) is 27.7 Å². The van der Waals surface area contributed by atoms with Crippen LogP contribution < -0.4 is 19.5 Å². The van der Waals surface area contributed by atoms with Gasteiger partial charge in [0.15, 0.2) is 23.0 Å². The molecule has 0 saturated heterocycles. The molecule has 10 nitrogen and oxygen atoms in total. The fourth-order valence-electron chi connectivity index (χ4n) is 3.68. The zero-order valence-corrected chi connectivity index (χ0v) is 19.9. The zero-order chi connectivity index (χ0) is 23.7. The smallest absolute Gasteiger partial charge is 0.230 e. The lowest BCUT2D eigenvalue weighted by Gasteiger charge is -2.14. The Kier molecular flexibility index (Phi) is 6.08. The normalized spacial score (nSPS) is 11.4. The van der Waals surface area contributed by atoms with E-state index in [1.807, 2.05) is 33.8 Å². The fraction of sp³-hybridized carbons (Fsp3) is 0.391. The van der Waals surface area contributed by atoms with Crippen LogP contribution in [0.3, 0.4) is 0 Å². The van der Waals surface area contributed by atoms with Gasteiger partial charge in [0.1, 0.15) is 6.33 Å². The van der Waals surface area contributed by atoms with Crippen LogP contribution in [0.2, 0.25) is 0 Å². The van der Waals surface area contributed by atoms with Crippen LogP contribution in [0, 0.1) is 0 Å². The molecule has 0 aliphatic carbocycles. The van der Waals surface area contributed by atoms with Gasteiger partial charge in [0, 0.05) is 18.2 Å². The summed E-state index contributed by atoms with van der Waals surface area (Å²) < 4.78 is 20.1. The Bertz CT molecular complexity index is 1250. The van der Waals surface area contributed by atoms with Crippen molar-refractivity contribution in [1.29, 1.82) is 0 Å². The van der Waals surface area contributed by atoms with Crippen molar-refractivity contribution in [3.05, 3.63) is 36.5 Å². The van der Waals surface area contributed by atoms with E-state index in [0.29, 0.717) is 29.0 Å². The molecule has 0 fully saturated rings. The van der Waals surface area contributed by atoms with Crippen molar-refractivity contribution < 1.29 is 14.2 Å². The monoisotopic (exact) mass is 451 g/mol.